The van der Waals surface area contributed by atoms with Crippen LogP contribution in [0.1, 0.15) is 43.5 Å². The smallest absolute Gasteiger partial charge is 0.256 e. The SMILES string of the molecule is N#C/C(=C1/NC(=O)c2ccccc21)c1nc2ccccc2[nH]1.N#C/C(=C1\NC(=O)c2ccccc21)c1nc2ccccc2[nH]1.[Zn]. The molecule has 4 heterocycles. The van der Waals surface area contributed by atoms with Crippen LogP contribution in [-0.4, -0.2) is 31.8 Å². The number of H-pyrrole nitrogens is 2. The average Bonchev–Trinajstić information content (AvgIpc) is 3.83. The van der Waals surface area contributed by atoms with E-state index in [1.807, 2.05) is 72.8 Å². The maximum Gasteiger partial charge on any atom is 0.256 e. The Morgan fingerprint density at radius 1 is 0.533 bits per heavy atom. The van der Waals surface area contributed by atoms with E-state index in [1.165, 1.54) is 0 Å². The number of para-hydroxylation sites is 4. The second kappa shape index (κ2) is 11.8. The zero-order valence-electron chi connectivity index (χ0n) is 23.6. The maximum atomic E-state index is 12.0. The molecule has 6 aromatic rings. The molecule has 2 aromatic heterocycles. The number of nitrogens with one attached hydrogen (secondary N) is 4. The fourth-order valence-corrected chi connectivity index (χ4v) is 5.29. The summed E-state index contributed by atoms with van der Waals surface area (Å²) in [6.07, 6.45) is 0. The van der Waals surface area contributed by atoms with Gasteiger partial charge in [-0.25, -0.2) is 9.97 Å². The number of hydrogen-bond acceptors (Lipinski definition) is 6. The van der Waals surface area contributed by atoms with Crippen LogP contribution in [0.2, 0.25) is 0 Å². The molecule has 2 aliphatic heterocycles. The summed E-state index contributed by atoms with van der Waals surface area (Å²) in [6.45, 7) is 0. The molecule has 2 aliphatic rings. The van der Waals surface area contributed by atoms with E-state index in [0.717, 1.165) is 33.2 Å². The Hall–Kier alpha value is -6.16. The van der Waals surface area contributed by atoms with E-state index in [-0.39, 0.29) is 31.3 Å². The van der Waals surface area contributed by atoms with Gasteiger partial charge in [-0.3, -0.25) is 9.59 Å². The van der Waals surface area contributed by atoms with Crippen LogP contribution in [0.4, 0.5) is 0 Å². The summed E-state index contributed by atoms with van der Waals surface area (Å²) in [5.74, 6) is 0.510. The van der Waals surface area contributed by atoms with Crippen LogP contribution in [-0.2, 0) is 19.5 Å². The van der Waals surface area contributed by atoms with Crippen molar-refractivity contribution in [3.05, 3.63) is 131 Å². The van der Waals surface area contributed by atoms with E-state index in [2.05, 4.69) is 42.7 Å². The molecule has 210 valence electrons. The third-order valence-electron chi connectivity index (χ3n) is 7.34. The molecule has 0 spiro atoms. The molecule has 0 bridgehead atoms. The van der Waals surface area contributed by atoms with Crippen LogP contribution >= 0.6 is 0 Å². The van der Waals surface area contributed by atoms with Gasteiger partial charge in [-0.1, -0.05) is 60.7 Å². The van der Waals surface area contributed by atoms with Crippen molar-refractivity contribution in [3.63, 3.8) is 0 Å². The van der Waals surface area contributed by atoms with Gasteiger partial charge in [-0.15, -0.1) is 0 Å². The number of rotatable bonds is 2. The van der Waals surface area contributed by atoms with Crippen LogP contribution in [0.5, 0.6) is 0 Å². The third kappa shape index (κ3) is 5.08. The number of imidazole rings is 2. The number of aromatic nitrogens is 4. The Bertz CT molecular complexity index is 2090. The molecule has 0 atom stereocenters. The van der Waals surface area contributed by atoms with Crippen LogP contribution < -0.4 is 10.6 Å². The van der Waals surface area contributed by atoms with Gasteiger partial charge in [0.15, 0.2) is 11.6 Å². The minimum atomic E-state index is -0.200. The minimum absolute atomic E-state index is 0. The Morgan fingerprint density at radius 3 is 1.27 bits per heavy atom. The third-order valence-corrected chi connectivity index (χ3v) is 7.34. The van der Waals surface area contributed by atoms with Crippen molar-refractivity contribution in [2.45, 2.75) is 0 Å². The van der Waals surface area contributed by atoms with Gasteiger partial charge >= 0.3 is 0 Å². The zero-order valence-corrected chi connectivity index (χ0v) is 26.5. The summed E-state index contributed by atoms with van der Waals surface area (Å²) in [5, 5.41) is 24.7. The fraction of sp³-hybridized carbons (Fsp3) is 0. The van der Waals surface area contributed by atoms with Crippen molar-refractivity contribution in [2.24, 2.45) is 0 Å². The van der Waals surface area contributed by atoms with Gasteiger partial charge in [0.1, 0.15) is 23.3 Å². The van der Waals surface area contributed by atoms with E-state index >= 15 is 0 Å². The summed E-state index contributed by atoms with van der Waals surface area (Å²) in [6, 6.07) is 33.8. The Morgan fingerprint density at radius 2 is 0.889 bits per heavy atom. The molecule has 11 heteroatoms. The first-order valence-electron chi connectivity index (χ1n) is 13.6. The number of amides is 2. The molecule has 10 nitrogen and oxygen atoms in total. The van der Waals surface area contributed by atoms with Gasteiger partial charge in [0, 0.05) is 41.7 Å². The molecule has 4 N–H and O–H groups in total. The van der Waals surface area contributed by atoms with E-state index < -0.39 is 0 Å². The van der Waals surface area contributed by atoms with Gasteiger partial charge in [-0.05, 0) is 36.4 Å². The van der Waals surface area contributed by atoms with E-state index in [9.17, 15) is 20.1 Å². The molecule has 0 saturated heterocycles. The van der Waals surface area contributed by atoms with Crippen molar-refractivity contribution in [2.75, 3.05) is 0 Å². The molecule has 0 saturated carbocycles. The number of allylic oxidation sites excluding steroid dienone is 2. The Kier molecular flexibility index (Phi) is 7.62. The molecule has 0 fully saturated rings. The summed E-state index contributed by atoms with van der Waals surface area (Å²) >= 11 is 0. The molecule has 8 rings (SSSR count). The number of fused-ring (bicyclic) bond motifs is 4. The molecule has 2 amide bonds. The Labute approximate surface area is 268 Å². The number of benzene rings is 4. The molecular formula is C34H20N8O2Zn. The van der Waals surface area contributed by atoms with Gasteiger partial charge in [-0.2, -0.15) is 10.5 Å². The Balaban J connectivity index is 0.000000155. The first-order valence-corrected chi connectivity index (χ1v) is 13.6. The van der Waals surface area contributed by atoms with Crippen molar-refractivity contribution < 1.29 is 29.1 Å². The normalized spacial score (nSPS) is 15.0. The molecule has 45 heavy (non-hydrogen) atoms. The topological polar surface area (TPSA) is 163 Å². The van der Waals surface area contributed by atoms with E-state index in [1.54, 1.807) is 24.3 Å². The molecule has 0 unspecified atom stereocenters. The summed E-state index contributed by atoms with van der Waals surface area (Å²) in [7, 11) is 0. The van der Waals surface area contributed by atoms with Gasteiger partial charge in [0.05, 0.1) is 33.5 Å². The van der Waals surface area contributed by atoms with Gasteiger partial charge < -0.3 is 20.6 Å². The van der Waals surface area contributed by atoms with Crippen molar-refractivity contribution in [1.82, 2.24) is 30.6 Å². The van der Waals surface area contributed by atoms with Crippen LogP contribution in [0, 0.1) is 22.7 Å². The van der Waals surface area contributed by atoms with Crippen LogP contribution in [0.15, 0.2) is 97.1 Å². The second-order valence-corrected chi connectivity index (χ2v) is 9.93. The molecule has 4 aromatic carbocycles. The molecule has 0 aliphatic carbocycles. The predicted molar refractivity (Wildman–Crippen MR) is 165 cm³/mol. The molecule has 0 radical (unpaired) electrons. The van der Waals surface area contributed by atoms with Crippen molar-refractivity contribution in [1.29, 1.82) is 10.5 Å². The second-order valence-electron chi connectivity index (χ2n) is 9.93. The zero-order chi connectivity index (χ0) is 30.2. The standard InChI is InChI=1S/2C17H10N4O.Zn/c2*18-9-12(16-19-13-7-3-4-8-14(13)20-16)15-10-5-1-2-6-11(10)17(22)21-15;/h2*1-8H,(H,19,20)(H,21,22);/b15-12+;15-12-;. The largest absolute Gasteiger partial charge is 0.337 e. The summed E-state index contributed by atoms with van der Waals surface area (Å²) in [4.78, 5) is 39.2. The van der Waals surface area contributed by atoms with Crippen molar-refractivity contribution >= 4 is 56.4 Å². The summed E-state index contributed by atoms with van der Waals surface area (Å²) in [5.41, 5.74) is 7.52. The number of carbonyl (C=O) groups is 2. The number of aromatic amines is 2. The van der Waals surface area contributed by atoms with E-state index in [0.29, 0.717) is 45.3 Å². The van der Waals surface area contributed by atoms with E-state index in [4.69, 9.17) is 0 Å². The monoisotopic (exact) mass is 636 g/mol. The molecular weight excluding hydrogens is 618 g/mol. The maximum absolute atomic E-state index is 12.0. The number of hydrogen-bond donors (Lipinski definition) is 4. The number of nitriles is 2. The van der Waals surface area contributed by atoms with Gasteiger partial charge in [0.25, 0.3) is 11.8 Å². The minimum Gasteiger partial charge on any atom is -0.337 e. The van der Waals surface area contributed by atoms with Gasteiger partial charge in [0.2, 0.25) is 0 Å². The average molecular weight is 638 g/mol. The predicted octanol–water partition coefficient (Wildman–Crippen LogP) is 5.39. The first-order chi connectivity index (χ1) is 21.6. The van der Waals surface area contributed by atoms with Crippen LogP contribution in [0.25, 0.3) is 44.6 Å². The van der Waals surface area contributed by atoms with Crippen LogP contribution in [0.3, 0.4) is 0 Å². The number of nitrogens with zero attached hydrogens (tertiary/aromatic N) is 4. The van der Waals surface area contributed by atoms with Crippen molar-refractivity contribution in [3.8, 4) is 12.1 Å². The fourth-order valence-electron chi connectivity index (χ4n) is 5.29. The number of carbonyl (C=O) groups excluding carboxylic acids is 2. The first kappa shape index (κ1) is 28.9. The quantitative estimate of drug-likeness (QED) is 0.147. The summed E-state index contributed by atoms with van der Waals surface area (Å²) < 4.78 is 0.